The van der Waals surface area contributed by atoms with E-state index in [2.05, 4.69) is 10.3 Å². The van der Waals surface area contributed by atoms with Crippen molar-refractivity contribution in [1.82, 2.24) is 14.9 Å². The molecular formula is C11H16ClN3O. The average Bonchev–Trinajstić information content (AvgIpc) is 2.68. The molecule has 0 aliphatic heterocycles. The van der Waals surface area contributed by atoms with Crippen molar-refractivity contribution in [3.63, 3.8) is 0 Å². The van der Waals surface area contributed by atoms with Gasteiger partial charge in [0.25, 0.3) is 5.91 Å². The Hall–Kier alpha value is -1.03. The van der Waals surface area contributed by atoms with Gasteiger partial charge < -0.3 is 9.88 Å². The summed E-state index contributed by atoms with van der Waals surface area (Å²) in [5.74, 6) is -0.0856. The van der Waals surface area contributed by atoms with Crippen molar-refractivity contribution in [2.45, 2.75) is 37.1 Å². The van der Waals surface area contributed by atoms with Crippen LogP contribution >= 0.6 is 11.6 Å². The van der Waals surface area contributed by atoms with Crippen LogP contribution in [0.3, 0.4) is 0 Å². The van der Waals surface area contributed by atoms with E-state index < -0.39 is 0 Å². The second kappa shape index (κ2) is 4.87. The van der Waals surface area contributed by atoms with Crippen molar-refractivity contribution in [2.75, 3.05) is 0 Å². The maximum Gasteiger partial charge on any atom is 0.269 e. The third-order valence-corrected chi connectivity index (χ3v) is 3.57. The summed E-state index contributed by atoms with van der Waals surface area (Å²) in [6.07, 6.45) is 7.44. The van der Waals surface area contributed by atoms with E-state index in [9.17, 15) is 4.79 Å². The van der Waals surface area contributed by atoms with Gasteiger partial charge >= 0.3 is 0 Å². The number of carbonyl (C=O) groups excluding carboxylic acids is 1. The maximum atomic E-state index is 11.9. The Bertz CT molecular complexity index is 377. The number of nitrogens with one attached hydrogen (secondary N) is 1. The van der Waals surface area contributed by atoms with Crippen LogP contribution < -0.4 is 5.32 Å². The van der Waals surface area contributed by atoms with Crippen LogP contribution in [0.1, 0.15) is 36.2 Å². The van der Waals surface area contributed by atoms with Crippen molar-refractivity contribution >= 4 is 17.5 Å². The van der Waals surface area contributed by atoms with Crippen LogP contribution in [-0.4, -0.2) is 26.9 Å². The topological polar surface area (TPSA) is 46.9 Å². The van der Waals surface area contributed by atoms with E-state index in [0.717, 1.165) is 25.7 Å². The van der Waals surface area contributed by atoms with Crippen LogP contribution in [-0.2, 0) is 7.05 Å². The van der Waals surface area contributed by atoms with Crippen LogP contribution in [0, 0.1) is 0 Å². The van der Waals surface area contributed by atoms with E-state index in [1.54, 1.807) is 24.1 Å². The van der Waals surface area contributed by atoms with Gasteiger partial charge in [-0.15, -0.1) is 11.6 Å². The van der Waals surface area contributed by atoms with Gasteiger partial charge in [-0.1, -0.05) is 12.8 Å². The fourth-order valence-electron chi connectivity index (χ4n) is 2.07. The fourth-order valence-corrected chi connectivity index (χ4v) is 2.41. The van der Waals surface area contributed by atoms with E-state index in [1.807, 2.05) is 0 Å². The Morgan fingerprint density at radius 3 is 2.94 bits per heavy atom. The minimum Gasteiger partial charge on any atom is -0.346 e. The first-order valence-corrected chi connectivity index (χ1v) is 6.03. The lowest BCUT2D eigenvalue weighted by Gasteiger charge is -2.27. The van der Waals surface area contributed by atoms with E-state index in [1.165, 1.54) is 0 Å². The molecule has 0 radical (unpaired) electrons. The highest BCUT2D eigenvalue weighted by Gasteiger charge is 2.25. The molecule has 1 N–H and O–H groups in total. The Morgan fingerprint density at radius 2 is 2.31 bits per heavy atom. The van der Waals surface area contributed by atoms with E-state index in [-0.39, 0.29) is 17.3 Å². The standard InChI is InChI=1S/C11H16ClN3O/c1-15-7-13-6-10(15)11(16)14-9-5-3-2-4-8(9)12/h6-9H,2-5H2,1H3,(H,14,16). The summed E-state index contributed by atoms with van der Waals surface area (Å²) >= 11 is 6.19. The fraction of sp³-hybridized carbons (Fsp3) is 0.636. The van der Waals surface area contributed by atoms with Gasteiger partial charge in [0.1, 0.15) is 5.69 Å². The highest BCUT2D eigenvalue weighted by molar-refractivity contribution is 6.21. The zero-order chi connectivity index (χ0) is 11.5. The number of halogens is 1. The number of nitrogens with zero attached hydrogens (tertiary/aromatic N) is 2. The molecule has 4 nitrogen and oxygen atoms in total. The first kappa shape index (κ1) is 11.5. The monoisotopic (exact) mass is 241 g/mol. The molecule has 16 heavy (non-hydrogen) atoms. The molecule has 0 bridgehead atoms. The number of imidazole rings is 1. The number of aryl methyl sites for hydroxylation is 1. The Balaban J connectivity index is 1.99. The van der Waals surface area contributed by atoms with Crippen LogP contribution in [0.15, 0.2) is 12.5 Å². The van der Waals surface area contributed by atoms with Crippen LogP contribution in [0.4, 0.5) is 0 Å². The minimum absolute atomic E-state index is 0.0610. The molecule has 1 aliphatic rings. The molecule has 1 fully saturated rings. The van der Waals surface area contributed by atoms with Gasteiger partial charge in [-0.3, -0.25) is 4.79 Å². The van der Waals surface area contributed by atoms with Gasteiger partial charge in [-0.05, 0) is 12.8 Å². The molecule has 1 saturated carbocycles. The average molecular weight is 242 g/mol. The highest BCUT2D eigenvalue weighted by Crippen LogP contribution is 2.23. The van der Waals surface area contributed by atoms with Crippen molar-refractivity contribution in [3.05, 3.63) is 18.2 Å². The normalized spacial score (nSPS) is 25.4. The first-order valence-electron chi connectivity index (χ1n) is 5.59. The molecule has 88 valence electrons. The van der Waals surface area contributed by atoms with E-state index in [0.29, 0.717) is 5.69 Å². The summed E-state index contributed by atoms with van der Waals surface area (Å²) in [5.41, 5.74) is 0.578. The smallest absolute Gasteiger partial charge is 0.269 e. The van der Waals surface area contributed by atoms with Gasteiger partial charge in [-0.2, -0.15) is 0 Å². The molecule has 5 heteroatoms. The molecule has 2 unspecified atom stereocenters. The summed E-state index contributed by atoms with van der Waals surface area (Å²) in [6, 6.07) is 0.0952. The molecule has 1 aliphatic carbocycles. The van der Waals surface area contributed by atoms with Crippen molar-refractivity contribution in [2.24, 2.45) is 7.05 Å². The van der Waals surface area contributed by atoms with Crippen LogP contribution in [0.2, 0.25) is 0 Å². The number of rotatable bonds is 2. The van der Waals surface area contributed by atoms with Crippen molar-refractivity contribution in [3.8, 4) is 0 Å². The van der Waals surface area contributed by atoms with Crippen molar-refractivity contribution in [1.29, 1.82) is 0 Å². The first-order chi connectivity index (χ1) is 7.68. The van der Waals surface area contributed by atoms with Gasteiger partial charge in [0.15, 0.2) is 0 Å². The molecule has 1 heterocycles. The minimum atomic E-state index is -0.0856. The number of hydrogen-bond donors (Lipinski definition) is 1. The molecule has 0 aromatic carbocycles. The molecule has 0 saturated heterocycles. The quantitative estimate of drug-likeness (QED) is 0.802. The van der Waals surface area contributed by atoms with Gasteiger partial charge in [0, 0.05) is 13.1 Å². The lowest BCUT2D eigenvalue weighted by molar-refractivity contribution is 0.0920. The second-order valence-corrected chi connectivity index (χ2v) is 4.83. The van der Waals surface area contributed by atoms with Gasteiger partial charge in [-0.25, -0.2) is 4.98 Å². The van der Waals surface area contributed by atoms with E-state index >= 15 is 0 Å². The summed E-state index contributed by atoms with van der Waals surface area (Å²) in [4.78, 5) is 15.8. The van der Waals surface area contributed by atoms with Gasteiger partial charge in [0.2, 0.25) is 0 Å². The number of amides is 1. The molecule has 0 spiro atoms. The lowest BCUT2D eigenvalue weighted by atomic mass is 9.95. The predicted octanol–water partition coefficient (Wildman–Crippen LogP) is 1.70. The molecule has 2 atom stereocenters. The Morgan fingerprint density at radius 1 is 1.56 bits per heavy atom. The summed E-state index contributed by atoms with van der Waals surface area (Å²) < 4.78 is 1.71. The molecule has 1 amide bonds. The van der Waals surface area contributed by atoms with Gasteiger partial charge in [0.05, 0.1) is 17.9 Å². The predicted molar refractivity (Wildman–Crippen MR) is 62.6 cm³/mol. The molecule has 1 aromatic rings. The summed E-state index contributed by atoms with van der Waals surface area (Å²) in [7, 11) is 1.81. The zero-order valence-corrected chi connectivity index (χ0v) is 10.1. The van der Waals surface area contributed by atoms with Crippen LogP contribution in [0.5, 0.6) is 0 Å². The lowest BCUT2D eigenvalue weighted by Crippen LogP contribution is -2.43. The van der Waals surface area contributed by atoms with Crippen molar-refractivity contribution < 1.29 is 4.79 Å². The maximum absolute atomic E-state index is 11.9. The number of aromatic nitrogens is 2. The number of alkyl halides is 1. The SMILES string of the molecule is Cn1cncc1C(=O)NC1CCCCC1Cl. The Labute approximate surface area is 100.0 Å². The highest BCUT2D eigenvalue weighted by atomic mass is 35.5. The van der Waals surface area contributed by atoms with Crippen LogP contribution in [0.25, 0.3) is 0 Å². The second-order valence-electron chi connectivity index (χ2n) is 4.27. The third-order valence-electron chi connectivity index (χ3n) is 3.05. The van der Waals surface area contributed by atoms with E-state index in [4.69, 9.17) is 11.6 Å². The summed E-state index contributed by atoms with van der Waals surface area (Å²) in [5, 5.41) is 3.04. The Kier molecular flexibility index (Phi) is 3.49. The summed E-state index contributed by atoms with van der Waals surface area (Å²) in [6.45, 7) is 0. The third kappa shape index (κ3) is 2.38. The molecule has 2 rings (SSSR count). The molecular weight excluding hydrogens is 226 g/mol. The molecule has 1 aromatic heterocycles. The largest absolute Gasteiger partial charge is 0.346 e. The zero-order valence-electron chi connectivity index (χ0n) is 9.32. The number of hydrogen-bond acceptors (Lipinski definition) is 2. The number of carbonyl (C=O) groups is 1.